The fourth-order valence-corrected chi connectivity index (χ4v) is 0.583. The fraction of sp³-hybridized carbons (Fsp3) is 0.667. The number of aliphatic hydroxyl groups is 2. The molecule has 12 heavy (non-hydrogen) atoms. The third kappa shape index (κ3) is 2.48. The first-order valence-electron chi connectivity index (χ1n) is 3.34. The van der Waals surface area contributed by atoms with Crippen LogP contribution in [0.4, 0.5) is 0 Å². The number of aliphatic hydroxyl groups excluding tert-OH is 2. The number of rotatable bonds is 3. The van der Waals surface area contributed by atoms with E-state index in [2.05, 4.69) is 10.6 Å². The van der Waals surface area contributed by atoms with Gasteiger partial charge in [0, 0.05) is 14.1 Å². The van der Waals surface area contributed by atoms with Crippen LogP contribution < -0.4 is 10.6 Å². The molecule has 0 saturated carbocycles. The molecular formula is C6H12N2O4. The molecule has 2 amide bonds. The predicted molar refractivity (Wildman–Crippen MR) is 40.1 cm³/mol. The van der Waals surface area contributed by atoms with Crippen LogP contribution in [0.5, 0.6) is 0 Å². The fourth-order valence-electron chi connectivity index (χ4n) is 0.583. The Morgan fingerprint density at radius 2 is 1.25 bits per heavy atom. The summed E-state index contributed by atoms with van der Waals surface area (Å²) in [6.45, 7) is 0. The highest BCUT2D eigenvalue weighted by Gasteiger charge is 2.28. The number of carbonyl (C=O) groups is 2. The molecule has 0 aliphatic rings. The molecule has 0 aromatic heterocycles. The Hall–Kier alpha value is -1.14. The van der Waals surface area contributed by atoms with E-state index >= 15 is 0 Å². The number of hydrogen-bond donors (Lipinski definition) is 4. The van der Waals surface area contributed by atoms with Gasteiger partial charge in [-0.1, -0.05) is 0 Å². The molecule has 0 aromatic carbocycles. The second kappa shape index (κ2) is 4.68. The number of carbonyl (C=O) groups excluding carboxylic acids is 2. The lowest BCUT2D eigenvalue weighted by molar-refractivity contribution is -0.145. The number of hydrogen-bond acceptors (Lipinski definition) is 4. The standard InChI is InChI=1S/C6H12N2O4/c1-7-5(11)3(9)4(10)6(12)8-2/h3-4,9-10H,1-2H3,(H,7,11)(H,8,12)/t3-,4-/m1/s1. The van der Waals surface area contributed by atoms with Gasteiger partial charge in [-0.25, -0.2) is 0 Å². The molecule has 0 bridgehead atoms. The van der Waals surface area contributed by atoms with Crippen LogP contribution in [0, 0.1) is 0 Å². The van der Waals surface area contributed by atoms with Crippen LogP contribution in [0.15, 0.2) is 0 Å². The van der Waals surface area contributed by atoms with Gasteiger partial charge in [0.25, 0.3) is 11.8 Å². The molecule has 2 atom stereocenters. The van der Waals surface area contributed by atoms with E-state index in [1.165, 1.54) is 14.1 Å². The Morgan fingerprint density at radius 3 is 1.42 bits per heavy atom. The number of likely N-dealkylation sites (N-methyl/N-ethyl adjacent to an activating group) is 2. The maximum Gasteiger partial charge on any atom is 0.251 e. The molecule has 0 aromatic rings. The van der Waals surface area contributed by atoms with Crippen LogP contribution in [0.2, 0.25) is 0 Å². The van der Waals surface area contributed by atoms with Crippen molar-refractivity contribution in [2.45, 2.75) is 12.2 Å². The minimum absolute atomic E-state index is 0.800. The normalized spacial score (nSPS) is 14.7. The zero-order chi connectivity index (χ0) is 9.72. The van der Waals surface area contributed by atoms with E-state index in [0.29, 0.717) is 0 Å². The molecule has 0 aliphatic heterocycles. The van der Waals surface area contributed by atoms with Crippen molar-refractivity contribution >= 4 is 11.8 Å². The smallest absolute Gasteiger partial charge is 0.251 e. The lowest BCUT2D eigenvalue weighted by Gasteiger charge is -2.14. The third-order valence-corrected chi connectivity index (χ3v) is 1.33. The van der Waals surface area contributed by atoms with E-state index in [-0.39, 0.29) is 0 Å². The average molecular weight is 176 g/mol. The topological polar surface area (TPSA) is 98.7 Å². The lowest BCUT2D eigenvalue weighted by atomic mass is 10.2. The first-order chi connectivity index (χ1) is 5.54. The summed E-state index contributed by atoms with van der Waals surface area (Å²) in [6, 6.07) is 0. The Morgan fingerprint density at radius 1 is 1.00 bits per heavy atom. The van der Waals surface area contributed by atoms with Gasteiger partial charge in [0.2, 0.25) is 0 Å². The highest BCUT2D eigenvalue weighted by molar-refractivity contribution is 5.90. The number of nitrogens with one attached hydrogen (secondary N) is 2. The summed E-state index contributed by atoms with van der Waals surface area (Å²) in [7, 11) is 2.59. The Labute approximate surface area is 69.6 Å². The summed E-state index contributed by atoms with van der Waals surface area (Å²) < 4.78 is 0. The molecule has 4 N–H and O–H groups in total. The van der Waals surface area contributed by atoms with Gasteiger partial charge >= 0.3 is 0 Å². The molecule has 0 rings (SSSR count). The van der Waals surface area contributed by atoms with Crippen molar-refractivity contribution in [1.82, 2.24) is 10.6 Å². The summed E-state index contributed by atoms with van der Waals surface area (Å²) in [5, 5.41) is 22.1. The molecule has 0 saturated heterocycles. The van der Waals surface area contributed by atoms with E-state index < -0.39 is 24.0 Å². The molecule has 0 heterocycles. The number of amides is 2. The first-order valence-corrected chi connectivity index (χ1v) is 3.34. The quantitative estimate of drug-likeness (QED) is 0.373. The van der Waals surface area contributed by atoms with Gasteiger partial charge in [0.1, 0.15) is 0 Å². The van der Waals surface area contributed by atoms with Crippen LogP contribution in [-0.2, 0) is 9.59 Å². The van der Waals surface area contributed by atoms with Gasteiger partial charge in [-0.2, -0.15) is 0 Å². The summed E-state index contributed by atoms with van der Waals surface area (Å²) >= 11 is 0. The van der Waals surface area contributed by atoms with Gasteiger partial charge in [0.15, 0.2) is 12.2 Å². The van der Waals surface area contributed by atoms with Crippen molar-refractivity contribution in [3.05, 3.63) is 0 Å². The Balaban J connectivity index is 4.18. The highest BCUT2D eigenvalue weighted by atomic mass is 16.3. The molecule has 0 unspecified atom stereocenters. The molecule has 70 valence electrons. The lowest BCUT2D eigenvalue weighted by Crippen LogP contribution is -2.47. The maximum absolute atomic E-state index is 10.7. The summed E-state index contributed by atoms with van der Waals surface area (Å²) in [4.78, 5) is 21.3. The summed E-state index contributed by atoms with van der Waals surface area (Å²) in [6.07, 6.45) is -3.45. The van der Waals surface area contributed by atoms with Gasteiger partial charge in [-0.05, 0) is 0 Å². The van der Waals surface area contributed by atoms with Crippen molar-refractivity contribution in [3.8, 4) is 0 Å². The summed E-state index contributed by atoms with van der Waals surface area (Å²) in [5.41, 5.74) is 0. The molecule has 6 nitrogen and oxygen atoms in total. The van der Waals surface area contributed by atoms with Gasteiger partial charge in [0.05, 0.1) is 0 Å². The Kier molecular flexibility index (Phi) is 4.24. The van der Waals surface area contributed by atoms with Gasteiger partial charge < -0.3 is 20.8 Å². The molecule has 6 heteroatoms. The van der Waals surface area contributed by atoms with Crippen molar-refractivity contribution in [2.75, 3.05) is 14.1 Å². The maximum atomic E-state index is 10.7. The van der Waals surface area contributed by atoms with E-state index in [1.807, 2.05) is 0 Å². The van der Waals surface area contributed by atoms with Crippen molar-refractivity contribution in [2.24, 2.45) is 0 Å². The van der Waals surface area contributed by atoms with Crippen LogP contribution >= 0.6 is 0 Å². The average Bonchev–Trinajstić information content (AvgIpc) is 2.12. The minimum Gasteiger partial charge on any atom is -0.380 e. The van der Waals surface area contributed by atoms with E-state index in [1.54, 1.807) is 0 Å². The second-order valence-corrected chi connectivity index (χ2v) is 2.12. The van der Waals surface area contributed by atoms with Crippen molar-refractivity contribution < 1.29 is 19.8 Å². The zero-order valence-electron chi connectivity index (χ0n) is 6.87. The molecule has 0 spiro atoms. The van der Waals surface area contributed by atoms with Gasteiger partial charge in [-0.15, -0.1) is 0 Å². The van der Waals surface area contributed by atoms with Gasteiger partial charge in [-0.3, -0.25) is 9.59 Å². The third-order valence-electron chi connectivity index (χ3n) is 1.33. The monoisotopic (exact) mass is 176 g/mol. The van der Waals surface area contributed by atoms with E-state index in [0.717, 1.165) is 0 Å². The van der Waals surface area contributed by atoms with E-state index in [9.17, 15) is 9.59 Å². The van der Waals surface area contributed by atoms with Crippen molar-refractivity contribution in [3.63, 3.8) is 0 Å². The Bertz CT molecular complexity index is 162. The van der Waals surface area contributed by atoms with Crippen LogP contribution in [-0.4, -0.2) is 48.3 Å². The highest BCUT2D eigenvalue weighted by Crippen LogP contribution is 1.92. The summed E-state index contributed by atoms with van der Waals surface area (Å²) in [5.74, 6) is -1.60. The molecule has 0 aliphatic carbocycles. The SMILES string of the molecule is CNC(=O)[C@H](O)[C@@H](O)C(=O)NC. The van der Waals surface area contributed by atoms with Crippen LogP contribution in [0.25, 0.3) is 0 Å². The minimum atomic E-state index is -1.73. The second-order valence-electron chi connectivity index (χ2n) is 2.12. The first kappa shape index (κ1) is 10.9. The zero-order valence-corrected chi connectivity index (χ0v) is 6.87. The van der Waals surface area contributed by atoms with Crippen LogP contribution in [0.1, 0.15) is 0 Å². The van der Waals surface area contributed by atoms with Crippen molar-refractivity contribution in [1.29, 1.82) is 0 Å². The molecule has 0 radical (unpaired) electrons. The predicted octanol–water partition coefficient (Wildman–Crippen LogP) is -2.80. The molecule has 0 fully saturated rings. The van der Waals surface area contributed by atoms with Crippen LogP contribution in [0.3, 0.4) is 0 Å². The van der Waals surface area contributed by atoms with E-state index in [4.69, 9.17) is 10.2 Å². The molecular weight excluding hydrogens is 164 g/mol. The largest absolute Gasteiger partial charge is 0.380 e.